The molecule has 0 saturated heterocycles. The summed E-state index contributed by atoms with van der Waals surface area (Å²) in [6, 6.07) is 11.2. The van der Waals surface area contributed by atoms with Gasteiger partial charge in [0.05, 0.1) is 29.5 Å². The van der Waals surface area contributed by atoms with E-state index in [0.29, 0.717) is 29.0 Å². The molecule has 154 valence electrons. The van der Waals surface area contributed by atoms with Crippen molar-refractivity contribution in [2.24, 2.45) is 0 Å². The number of pyridine rings is 1. The summed E-state index contributed by atoms with van der Waals surface area (Å²) in [5.74, 6) is -0.347. The number of alkyl halides is 2. The van der Waals surface area contributed by atoms with Gasteiger partial charge < -0.3 is 5.32 Å². The van der Waals surface area contributed by atoms with Gasteiger partial charge in [-0.05, 0) is 25.5 Å². The van der Waals surface area contributed by atoms with Crippen LogP contribution in [0, 0.1) is 13.8 Å². The first kappa shape index (κ1) is 19.7. The fourth-order valence-electron chi connectivity index (χ4n) is 3.42. The van der Waals surface area contributed by atoms with Crippen LogP contribution in [-0.2, 0) is 17.9 Å². The van der Waals surface area contributed by atoms with Crippen molar-refractivity contribution in [2.75, 3.05) is 5.32 Å². The van der Waals surface area contributed by atoms with Gasteiger partial charge in [-0.1, -0.05) is 30.3 Å². The van der Waals surface area contributed by atoms with Gasteiger partial charge in [0.25, 0.3) is 6.43 Å². The minimum Gasteiger partial charge on any atom is -0.322 e. The summed E-state index contributed by atoms with van der Waals surface area (Å²) in [6.45, 7) is 3.71. The van der Waals surface area contributed by atoms with E-state index < -0.39 is 6.43 Å². The molecule has 0 bridgehead atoms. The number of hydrogen-bond donors (Lipinski definition) is 1. The molecule has 0 aliphatic heterocycles. The van der Waals surface area contributed by atoms with Crippen molar-refractivity contribution in [3.05, 3.63) is 71.3 Å². The maximum absolute atomic E-state index is 13.4. The monoisotopic (exact) mass is 410 g/mol. The zero-order chi connectivity index (χ0) is 21.3. The average molecular weight is 410 g/mol. The van der Waals surface area contributed by atoms with Gasteiger partial charge in [0, 0.05) is 17.5 Å². The molecule has 0 radical (unpaired) electrons. The molecule has 30 heavy (non-hydrogen) atoms. The van der Waals surface area contributed by atoms with E-state index in [2.05, 4.69) is 20.5 Å². The Labute approximate surface area is 171 Å². The molecular weight excluding hydrogens is 390 g/mol. The number of nitrogens with zero attached hydrogens (tertiary/aromatic N) is 5. The molecule has 7 nitrogen and oxygen atoms in total. The number of rotatable bonds is 6. The molecule has 0 saturated carbocycles. The highest BCUT2D eigenvalue weighted by molar-refractivity contribution is 5.91. The Kier molecular flexibility index (Phi) is 5.26. The second-order valence-corrected chi connectivity index (χ2v) is 7.06. The minimum atomic E-state index is -2.64. The van der Waals surface area contributed by atoms with E-state index in [-0.39, 0.29) is 23.7 Å². The highest BCUT2D eigenvalue weighted by Crippen LogP contribution is 2.29. The van der Waals surface area contributed by atoms with E-state index in [9.17, 15) is 13.6 Å². The number of aromatic nitrogens is 5. The van der Waals surface area contributed by atoms with Gasteiger partial charge in [0.2, 0.25) is 5.91 Å². The average Bonchev–Trinajstić information content (AvgIpc) is 3.26. The van der Waals surface area contributed by atoms with Crippen LogP contribution in [0.15, 0.2) is 48.8 Å². The van der Waals surface area contributed by atoms with E-state index in [1.807, 2.05) is 30.3 Å². The van der Waals surface area contributed by atoms with Crippen LogP contribution >= 0.6 is 0 Å². The standard InChI is InChI=1S/C21H20F2N6O/c1-13-8-17(20(22)23)19-14(2)27-29(21(19)25-13)12-18(30)26-16-9-24-28(11-16)10-15-6-4-3-5-7-15/h3-9,11,20H,10,12H2,1-2H3,(H,26,30). The van der Waals surface area contributed by atoms with E-state index in [1.165, 1.54) is 10.7 Å². The number of anilines is 1. The lowest BCUT2D eigenvalue weighted by molar-refractivity contribution is -0.116. The topological polar surface area (TPSA) is 77.6 Å². The van der Waals surface area contributed by atoms with Gasteiger partial charge in [0.15, 0.2) is 5.65 Å². The molecule has 0 atom stereocenters. The van der Waals surface area contributed by atoms with Crippen LogP contribution in [0.2, 0.25) is 0 Å². The SMILES string of the molecule is Cc1cc(C(F)F)c2c(C)nn(CC(=O)Nc3cnn(Cc4ccccc4)c3)c2n1. The van der Waals surface area contributed by atoms with E-state index >= 15 is 0 Å². The maximum atomic E-state index is 13.4. The first-order valence-electron chi connectivity index (χ1n) is 9.40. The normalized spacial score (nSPS) is 11.4. The molecule has 3 aromatic heterocycles. The summed E-state index contributed by atoms with van der Waals surface area (Å²) < 4.78 is 29.9. The minimum absolute atomic E-state index is 0.121. The molecule has 0 spiro atoms. The lowest BCUT2D eigenvalue weighted by Crippen LogP contribution is -2.19. The zero-order valence-electron chi connectivity index (χ0n) is 16.5. The Morgan fingerprint density at radius 1 is 1.20 bits per heavy atom. The Hall–Kier alpha value is -3.62. The first-order valence-corrected chi connectivity index (χ1v) is 9.40. The third kappa shape index (κ3) is 4.05. The van der Waals surface area contributed by atoms with E-state index in [1.54, 1.807) is 30.9 Å². The quantitative estimate of drug-likeness (QED) is 0.524. The number of fused-ring (bicyclic) bond motifs is 1. The van der Waals surface area contributed by atoms with Crippen LogP contribution < -0.4 is 5.32 Å². The molecule has 0 aliphatic rings. The molecule has 0 aliphatic carbocycles. The predicted molar refractivity (Wildman–Crippen MR) is 108 cm³/mol. The van der Waals surface area contributed by atoms with Crippen LogP contribution in [-0.4, -0.2) is 30.5 Å². The van der Waals surface area contributed by atoms with Crippen LogP contribution in [0.25, 0.3) is 11.0 Å². The van der Waals surface area contributed by atoms with Gasteiger partial charge in [-0.3, -0.25) is 9.48 Å². The molecule has 0 unspecified atom stereocenters. The molecule has 4 rings (SSSR count). The number of nitrogens with one attached hydrogen (secondary N) is 1. The number of carbonyl (C=O) groups is 1. The molecule has 1 amide bonds. The number of hydrogen-bond acceptors (Lipinski definition) is 4. The zero-order valence-corrected chi connectivity index (χ0v) is 16.5. The van der Waals surface area contributed by atoms with Crippen LogP contribution in [0.1, 0.15) is 28.9 Å². The second kappa shape index (κ2) is 8.02. The molecule has 0 fully saturated rings. The number of benzene rings is 1. The van der Waals surface area contributed by atoms with Gasteiger partial charge in [-0.2, -0.15) is 10.2 Å². The van der Waals surface area contributed by atoms with Crippen molar-refractivity contribution < 1.29 is 13.6 Å². The number of carbonyl (C=O) groups excluding carboxylic acids is 1. The Balaban J connectivity index is 1.50. The molecule has 1 aromatic carbocycles. The molecule has 3 heterocycles. The largest absolute Gasteiger partial charge is 0.322 e. The van der Waals surface area contributed by atoms with Crippen molar-refractivity contribution in [1.29, 1.82) is 0 Å². The first-order chi connectivity index (χ1) is 14.4. The molecular formula is C21H20F2N6O. The van der Waals surface area contributed by atoms with Crippen LogP contribution in [0.3, 0.4) is 0 Å². The summed E-state index contributed by atoms with van der Waals surface area (Å²) in [5, 5.41) is 11.6. The third-order valence-electron chi connectivity index (χ3n) is 4.67. The lowest BCUT2D eigenvalue weighted by Gasteiger charge is -2.06. The fraction of sp³-hybridized carbons (Fsp3) is 0.238. The maximum Gasteiger partial charge on any atom is 0.264 e. The smallest absolute Gasteiger partial charge is 0.264 e. The van der Waals surface area contributed by atoms with Crippen molar-refractivity contribution >= 4 is 22.6 Å². The molecule has 4 aromatic rings. The third-order valence-corrected chi connectivity index (χ3v) is 4.67. The highest BCUT2D eigenvalue weighted by Gasteiger charge is 2.20. The Morgan fingerprint density at radius 2 is 1.97 bits per heavy atom. The summed E-state index contributed by atoms with van der Waals surface area (Å²) >= 11 is 0. The Bertz CT molecular complexity index is 1200. The fourth-order valence-corrected chi connectivity index (χ4v) is 3.42. The number of aryl methyl sites for hydroxylation is 2. The summed E-state index contributed by atoms with van der Waals surface area (Å²) in [7, 11) is 0. The van der Waals surface area contributed by atoms with Crippen molar-refractivity contribution in [3.63, 3.8) is 0 Å². The van der Waals surface area contributed by atoms with Crippen molar-refractivity contribution in [2.45, 2.75) is 33.4 Å². The Morgan fingerprint density at radius 3 is 2.70 bits per heavy atom. The van der Waals surface area contributed by atoms with E-state index in [4.69, 9.17) is 0 Å². The molecule has 1 N–H and O–H groups in total. The van der Waals surface area contributed by atoms with Gasteiger partial charge in [-0.25, -0.2) is 18.4 Å². The van der Waals surface area contributed by atoms with Crippen molar-refractivity contribution in [1.82, 2.24) is 24.5 Å². The van der Waals surface area contributed by atoms with Gasteiger partial charge in [-0.15, -0.1) is 0 Å². The predicted octanol–water partition coefficient (Wildman–Crippen LogP) is 3.87. The van der Waals surface area contributed by atoms with Gasteiger partial charge in [0.1, 0.15) is 6.54 Å². The number of amides is 1. The summed E-state index contributed by atoms with van der Waals surface area (Å²) in [5.41, 5.74) is 2.65. The van der Waals surface area contributed by atoms with E-state index in [0.717, 1.165) is 5.56 Å². The number of halogens is 2. The lowest BCUT2D eigenvalue weighted by atomic mass is 10.1. The summed E-state index contributed by atoms with van der Waals surface area (Å²) in [6.07, 6.45) is 0.647. The highest BCUT2D eigenvalue weighted by atomic mass is 19.3. The van der Waals surface area contributed by atoms with Crippen molar-refractivity contribution in [3.8, 4) is 0 Å². The second-order valence-electron chi connectivity index (χ2n) is 7.06. The summed E-state index contributed by atoms with van der Waals surface area (Å²) in [4.78, 5) is 16.8. The van der Waals surface area contributed by atoms with Crippen LogP contribution in [0.5, 0.6) is 0 Å². The van der Waals surface area contributed by atoms with Gasteiger partial charge >= 0.3 is 0 Å². The van der Waals surface area contributed by atoms with Crippen LogP contribution in [0.4, 0.5) is 14.5 Å². The molecule has 9 heteroatoms.